The lowest BCUT2D eigenvalue weighted by atomic mass is 10.2. The lowest BCUT2D eigenvalue weighted by molar-refractivity contribution is -0.662. The molecule has 0 saturated carbocycles. The van der Waals surface area contributed by atoms with Crippen LogP contribution in [0.3, 0.4) is 0 Å². The summed E-state index contributed by atoms with van der Waals surface area (Å²) in [7, 11) is 1.69. The molecule has 20 heavy (non-hydrogen) atoms. The maximum atomic E-state index is 10.1. The predicted octanol–water partition coefficient (Wildman–Crippen LogP) is -3.21. The van der Waals surface area contributed by atoms with Gasteiger partial charge in [-0.15, -0.1) is 0 Å². The van der Waals surface area contributed by atoms with Crippen LogP contribution in [-0.2, 0) is 4.74 Å². The summed E-state index contributed by atoms with van der Waals surface area (Å²) in [5.41, 5.74) is 0. The Balaban J connectivity index is 0.00000200. The van der Waals surface area contributed by atoms with Crippen molar-refractivity contribution in [2.75, 3.05) is 33.4 Å². The minimum Gasteiger partial charge on any atom is -1.00 e. The molecule has 2 rings (SSSR count). The topological polar surface area (TPSA) is 64.5 Å². The van der Waals surface area contributed by atoms with E-state index in [0.717, 1.165) is 25.3 Å². The predicted molar refractivity (Wildman–Crippen MR) is 70.5 cm³/mol. The third kappa shape index (κ3) is 4.83. The van der Waals surface area contributed by atoms with Gasteiger partial charge in [-0.2, -0.15) is 0 Å². The Morgan fingerprint density at radius 2 is 2.15 bits per heavy atom. The number of aliphatic hydroxyl groups excluding tert-OH is 1. The molecule has 1 aromatic carbocycles. The van der Waals surface area contributed by atoms with Gasteiger partial charge in [0.15, 0.2) is 17.6 Å². The Kier molecular flexibility index (Phi) is 7.69. The van der Waals surface area contributed by atoms with E-state index in [4.69, 9.17) is 14.2 Å². The van der Waals surface area contributed by atoms with Gasteiger partial charge in [0.05, 0.1) is 13.2 Å². The summed E-state index contributed by atoms with van der Waals surface area (Å²) in [5.74, 6) is 1.45. The molecule has 0 spiro atoms. The van der Waals surface area contributed by atoms with E-state index < -0.39 is 6.10 Å². The monoisotopic (exact) mass is 303 g/mol. The van der Waals surface area contributed by atoms with Crippen molar-refractivity contribution < 1.29 is 37.0 Å². The fraction of sp³-hybridized carbons (Fsp3) is 0.571. The molecular weight excluding hydrogens is 282 g/mol. The van der Waals surface area contributed by atoms with Crippen molar-refractivity contribution in [1.82, 2.24) is 0 Å². The highest BCUT2D eigenvalue weighted by Crippen LogP contribution is 2.31. The summed E-state index contributed by atoms with van der Waals surface area (Å²) in [6, 6.07) is 7.53. The molecule has 0 aromatic heterocycles. The molecular formula is C14H22ClNO4. The average molecular weight is 304 g/mol. The number of methoxy groups -OCH3 is 1. The van der Waals surface area contributed by atoms with E-state index in [1.165, 1.54) is 0 Å². The van der Waals surface area contributed by atoms with Crippen LogP contribution in [0.4, 0.5) is 0 Å². The standard InChI is InChI=1S/C14H21NO4.ClH/c1-17-8-4-7-15-9-11(16)14-10-18-12-5-2-3-6-13(12)19-14;/h2-3,5-6,11,14-16H,4,7-10H2,1H3;1H. The van der Waals surface area contributed by atoms with E-state index in [0.29, 0.717) is 18.9 Å². The zero-order valence-corrected chi connectivity index (χ0v) is 12.4. The number of rotatable bonds is 7. The quantitative estimate of drug-likeness (QED) is 0.521. The number of aliphatic hydroxyl groups is 1. The largest absolute Gasteiger partial charge is 1.00 e. The molecule has 0 fully saturated rings. The van der Waals surface area contributed by atoms with Crippen LogP contribution in [0, 0.1) is 0 Å². The molecule has 3 N–H and O–H groups in total. The van der Waals surface area contributed by atoms with Crippen LogP contribution < -0.4 is 27.2 Å². The molecule has 1 aliphatic heterocycles. The summed E-state index contributed by atoms with van der Waals surface area (Å²) in [4.78, 5) is 0. The van der Waals surface area contributed by atoms with Gasteiger partial charge in [-0.25, -0.2) is 0 Å². The number of benzene rings is 1. The number of hydrogen-bond donors (Lipinski definition) is 2. The second-order valence-electron chi connectivity index (χ2n) is 4.64. The molecule has 0 amide bonds. The highest BCUT2D eigenvalue weighted by molar-refractivity contribution is 5.40. The SMILES string of the molecule is COCCC[NH2+]CC(O)C1COc2ccccc2O1.[Cl-]. The van der Waals surface area contributed by atoms with Crippen molar-refractivity contribution in [1.29, 1.82) is 0 Å². The molecule has 0 radical (unpaired) electrons. The van der Waals surface area contributed by atoms with Gasteiger partial charge in [-0.3, -0.25) is 0 Å². The maximum Gasteiger partial charge on any atom is 0.164 e. The Labute approximate surface area is 125 Å². The molecule has 2 unspecified atom stereocenters. The van der Waals surface area contributed by atoms with Crippen molar-refractivity contribution in [2.24, 2.45) is 0 Å². The van der Waals surface area contributed by atoms with E-state index in [9.17, 15) is 5.11 Å². The number of fused-ring (bicyclic) bond motifs is 1. The first kappa shape index (κ1) is 17.0. The molecule has 6 heteroatoms. The van der Waals surface area contributed by atoms with E-state index in [2.05, 4.69) is 5.32 Å². The number of ether oxygens (including phenoxy) is 3. The second kappa shape index (κ2) is 9.02. The van der Waals surface area contributed by atoms with Crippen LogP contribution in [0.5, 0.6) is 11.5 Å². The van der Waals surface area contributed by atoms with E-state index in [1.807, 2.05) is 24.3 Å². The second-order valence-corrected chi connectivity index (χ2v) is 4.64. The van der Waals surface area contributed by atoms with Gasteiger partial charge in [0.25, 0.3) is 0 Å². The lowest BCUT2D eigenvalue weighted by Crippen LogP contribution is -3.00. The van der Waals surface area contributed by atoms with Crippen LogP contribution in [0.1, 0.15) is 6.42 Å². The fourth-order valence-corrected chi connectivity index (χ4v) is 2.04. The Hall–Kier alpha value is -1.01. The van der Waals surface area contributed by atoms with Gasteiger partial charge in [0.2, 0.25) is 0 Å². The number of nitrogens with two attached hydrogens (primary N) is 1. The van der Waals surface area contributed by atoms with E-state index in [1.54, 1.807) is 7.11 Å². The first-order valence-electron chi connectivity index (χ1n) is 6.68. The van der Waals surface area contributed by atoms with Crippen LogP contribution in [0.2, 0.25) is 0 Å². The molecule has 5 nitrogen and oxygen atoms in total. The normalized spacial score (nSPS) is 18.2. The number of hydrogen-bond acceptors (Lipinski definition) is 4. The van der Waals surface area contributed by atoms with E-state index in [-0.39, 0.29) is 18.5 Å². The number of halogens is 1. The van der Waals surface area contributed by atoms with Crippen molar-refractivity contribution >= 4 is 0 Å². The van der Waals surface area contributed by atoms with Crippen LogP contribution >= 0.6 is 0 Å². The summed E-state index contributed by atoms with van der Waals surface area (Å²) in [6.45, 7) is 2.70. The fourth-order valence-electron chi connectivity index (χ4n) is 2.04. The summed E-state index contributed by atoms with van der Waals surface area (Å²) < 4.78 is 16.3. The van der Waals surface area contributed by atoms with Crippen molar-refractivity contribution in [3.63, 3.8) is 0 Å². The zero-order chi connectivity index (χ0) is 13.5. The Morgan fingerprint density at radius 3 is 2.90 bits per heavy atom. The van der Waals surface area contributed by atoms with Crippen LogP contribution in [0.25, 0.3) is 0 Å². The van der Waals surface area contributed by atoms with Gasteiger partial charge < -0.3 is 37.0 Å². The van der Waals surface area contributed by atoms with Gasteiger partial charge in [0, 0.05) is 13.5 Å². The minimum absolute atomic E-state index is 0. The zero-order valence-electron chi connectivity index (χ0n) is 11.6. The summed E-state index contributed by atoms with van der Waals surface area (Å²) in [6.07, 6.45) is 0.151. The van der Waals surface area contributed by atoms with Crippen molar-refractivity contribution in [2.45, 2.75) is 18.6 Å². The first-order valence-corrected chi connectivity index (χ1v) is 6.68. The van der Waals surface area contributed by atoms with Gasteiger partial charge in [-0.1, -0.05) is 12.1 Å². The highest BCUT2D eigenvalue weighted by atomic mass is 35.5. The summed E-state index contributed by atoms with van der Waals surface area (Å²) >= 11 is 0. The third-order valence-electron chi connectivity index (χ3n) is 3.12. The smallest absolute Gasteiger partial charge is 0.164 e. The third-order valence-corrected chi connectivity index (χ3v) is 3.12. The first-order chi connectivity index (χ1) is 9.31. The van der Waals surface area contributed by atoms with Crippen LogP contribution in [-0.4, -0.2) is 50.7 Å². The van der Waals surface area contributed by atoms with Crippen molar-refractivity contribution in [3.05, 3.63) is 24.3 Å². The number of para-hydroxylation sites is 2. The van der Waals surface area contributed by atoms with Crippen molar-refractivity contribution in [3.8, 4) is 11.5 Å². The molecule has 1 aliphatic rings. The molecule has 0 bridgehead atoms. The lowest BCUT2D eigenvalue weighted by Gasteiger charge is -2.28. The van der Waals surface area contributed by atoms with Gasteiger partial charge >= 0.3 is 0 Å². The molecule has 0 saturated heterocycles. The molecule has 2 atom stereocenters. The van der Waals surface area contributed by atoms with Gasteiger partial charge in [-0.05, 0) is 12.1 Å². The summed E-state index contributed by atoms with van der Waals surface area (Å²) in [5, 5.41) is 12.2. The minimum atomic E-state index is -0.532. The average Bonchev–Trinajstić information content (AvgIpc) is 2.46. The number of quaternary nitrogens is 1. The highest BCUT2D eigenvalue weighted by Gasteiger charge is 2.28. The molecule has 114 valence electrons. The van der Waals surface area contributed by atoms with Gasteiger partial charge in [0.1, 0.15) is 19.3 Å². The molecule has 1 aromatic rings. The Bertz CT molecular complexity index is 391. The Morgan fingerprint density at radius 1 is 1.40 bits per heavy atom. The molecule has 0 aliphatic carbocycles. The maximum absolute atomic E-state index is 10.1. The molecule has 1 heterocycles. The van der Waals surface area contributed by atoms with Crippen LogP contribution in [0.15, 0.2) is 24.3 Å². The van der Waals surface area contributed by atoms with E-state index >= 15 is 0 Å².